The Morgan fingerprint density at radius 2 is 0.603 bits per heavy atom. The van der Waals surface area contributed by atoms with Gasteiger partial charge in [-0.15, -0.1) is 0 Å². The normalized spacial score (nSPS) is 10.1. The van der Waals surface area contributed by atoms with Gasteiger partial charge in [0, 0.05) is 5.02 Å². The van der Waals surface area contributed by atoms with Crippen LogP contribution in [0.2, 0.25) is 5.02 Å². The highest BCUT2D eigenvalue weighted by atomic mass is 35.5. The van der Waals surface area contributed by atoms with Crippen molar-refractivity contribution in [2.24, 2.45) is 0 Å². The quantitative estimate of drug-likeness (QED) is 0.156. The molecule has 0 aromatic heterocycles. The second kappa shape index (κ2) is 32.2. The van der Waals surface area contributed by atoms with Crippen molar-refractivity contribution >= 4 is 11.6 Å². The van der Waals surface area contributed by atoms with Crippen LogP contribution in [0.3, 0.4) is 0 Å². The zero-order valence-electron chi connectivity index (χ0n) is 41.0. The van der Waals surface area contributed by atoms with Gasteiger partial charge < -0.3 is 0 Å². The smallest absolute Gasteiger partial charge is 0.123 e. The maximum Gasteiger partial charge on any atom is 0.123 e. The van der Waals surface area contributed by atoms with Crippen LogP contribution in [0.4, 0.5) is 4.39 Å². The van der Waals surface area contributed by atoms with E-state index < -0.39 is 0 Å². The largest absolute Gasteiger partial charge is 0.207 e. The molecule has 0 heterocycles. The van der Waals surface area contributed by atoms with E-state index in [0.29, 0.717) is 35.5 Å². The predicted molar refractivity (Wildman–Crippen MR) is 285 cm³/mol. The van der Waals surface area contributed by atoms with Crippen LogP contribution in [0, 0.1) is 40.4 Å². The van der Waals surface area contributed by atoms with Crippen molar-refractivity contribution in [3.8, 4) is 0 Å². The molecule has 0 bridgehead atoms. The van der Waals surface area contributed by atoms with Gasteiger partial charge in [0.1, 0.15) is 5.82 Å². The summed E-state index contributed by atoms with van der Waals surface area (Å²) in [5.74, 6) is 3.47. The average Bonchev–Trinajstić information content (AvgIpc) is 3.20. The van der Waals surface area contributed by atoms with E-state index in [1.807, 2.05) is 19.1 Å². The number of hydrogen-bond acceptors (Lipinski definition) is 0. The molecule has 2 heteroatoms. The number of benzene rings is 6. The number of aryl methyl sites for hydroxylation is 5. The van der Waals surface area contributed by atoms with Gasteiger partial charge in [-0.05, 0) is 127 Å². The van der Waals surface area contributed by atoms with Gasteiger partial charge in [-0.25, -0.2) is 4.39 Å². The van der Waals surface area contributed by atoms with Crippen LogP contribution in [0.15, 0.2) is 140 Å². The maximum absolute atomic E-state index is 12.5. The SMILES string of the molecule is C.C.CC(C)c1cccc(F)c1.Cc1cc(C(C)C)ccc1Cl.Cc1ccc(C(C)C)cc1.Cc1ccc(C(C)C)cc1.Cc1ccc(C(C)C)cc1.Cc1cccc(C(C)C)c1. The standard InChI is InChI=1S/C10H13Cl.4C10H14.C9H11F.2CH4/c1-7(2)9-4-5-10(11)8(3)6-9;3*1-8(2)10-6-4-9(3)5-7-10;1-8(2)10-6-4-5-9(3)7-10;1-7(2)8-4-3-5-9(10)6-8;;/h4-7H,1-3H3;4*4-8H,1-3H3;3-7H,1-2H3;2*1H4. The van der Waals surface area contributed by atoms with Crippen LogP contribution >= 0.6 is 11.6 Å². The summed E-state index contributed by atoms with van der Waals surface area (Å²) in [5.41, 5.74) is 14.6. The Hall–Kier alpha value is -4.46. The average molecular weight is 876 g/mol. The van der Waals surface area contributed by atoms with Crippen molar-refractivity contribution in [3.63, 3.8) is 0 Å². The minimum atomic E-state index is -0.147. The predicted octanol–water partition coefficient (Wildman–Crippen LogP) is 20.5. The molecule has 0 spiro atoms. The molecule has 0 atom stereocenters. The van der Waals surface area contributed by atoms with Crippen molar-refractivity contribution in [1.29, 1.82) is 0 Å². The molecule has 6 aromatic rings. The minimum absolute atomic E-state index is 0. The molecule has 0 saturated carbocycles. The molecule has 63 heavy (non-hydrogen) atoms. The van der Waals surface area contributed by atoms with Gasteiger partial charge in [0.15, 0.2) is 0 Å². The Bertz CT molecular complexity index is 1880. The molecule has 0 amide bonds. The van der Waals surface area contributed by atoms with Crippen LogP contribution in [-0.2, 0) is 0 Å². The van der Waals surface area contributed by atoms with Crippen LogP contribution < -0.4 is 0 Å². The molecule has 6 rings (SSSR count). The first kappa shape index (κ1) is 60.6. The molecule has 0 aliphatic rings. The van der Waals surface area contributed by atoms with E-state index in [4.69, 9.17) is 11.6 Å². The van der Waals surface area contributed by atoms with E-state index in [1.165, 1.54) is 56.1 Å². The summed E-state index contributed by atoms with van der Waals surface area (Å²) in [6.07, 6.45) is 0. The lowest BCUT2D eigenvalue weighted by Crippen LogP contribution is -1.87. The Balaban J connectivity index is 0. The van der Waals surface area contributed by atoms with Gasteiger partial charge >= 0.3 is 0 Å². The van der Waals surface area contributed by atoms with Crippen molar-refractivity contribution < 1.29 is 4.39 Å². The van der Waals surface area contributed by atoms with E-state index in [1.54, 1.807) is 12.1 Å². The lowest BCUT2D eigenvalue weighted by atomic mass is 10.0. The molecule has 0 nitrogen and oxygen atoms in total. The molecule has 0 unspecified atom stereocenters. The lowest BCUT2D eigenvalue weighted by molar-refractivity contribution is 0.623. The first-order chi connectivity index (χ1) is 28.6. The Morgan fingerprint density at radius 1 is 0.317 bits per heavy atom. The fourth-order valence-electron chi connectivity index (χ4n) is 5.78. The van der Waals surface area contributed by atoms with E-state index in [-0.39, 0.29) is 20.7 Å². The Kier molecular flexibility index (Phi) is 31.0. The molecule has 0 radical (unpaired) electrons. The number of halogens is 2. The fraction of sp³-hybridized carbons (Fsp3) is 0.410. The first-order valence-corrected chi connectivity index (χ1v) is 22.8. The van der Waals surface area contributed by atoms with Gasteiger partial charge in [-0.2, -0.15) is 0 Å². The van der Waals surface area contributed by atoms with Crippen LogP contribution in [0.1, 0.15) is 195 Å². The summed E-state index contributed by atoms with van der Waals surface area (Å²) in [6.45, 7) is 36.7. The zero-order chi connectivity index (χ0) is 46.2. The van der Waals surface area contributed by atoms with Crippen LogP contribution in [-0.4, -0.2) is 0 Å². The minimum Gasteiger partial charge on any atom is -0.207 e. The van der Waals surface area contributed by atoms with Crippen molar-refractivity contribution in [3.05, 3.63) is 212 Å². The molecule has 0 aliphatic heterocycles. The van der Waals surface area contributed by atoms with Gasteiger partial charge in [0.05, 0.1) is 0 Å². The van der Waals surface area contributed by atoms with E-state index in [0.717, 1.165) is 16.1 Å². The first-order valence-electron chi connectivity index (χ1n) is 22.4. The number of rotatable bonds is 6. The number of hydrogen-bond donors (Lipinski definition) is 0. The van der Waals surface area contributed by atoms with Gasteiger partial charge in [0.2, 0.25) is 0 Å². The summed E-state index contributed by atoms with van der Waals surface area (Å²) in [6, 6.07) is 47.7. The third kappa shape index (κ3) is 26.1. The van der Waals surface area contributed by atoms with Gasteiger partial charge in [-0.1, -0.05) is 253 Å². The lowest BCUT2D eigenvalue weighted by Gasteiger charge is -2.06. The highest BCUT2D eigenvalue weighted by Crippen LogP contribution is 2.22. The third-order valence-electron chi connectivity index (χ3n) is 10.3. The van der Waals surface area contributed by atoms with E-state index in [9.17, 15) is 4.39 Å². The van der Waals surface area contributed by atoms with Gasteiger partial charge in [-0.3, -0.25) is 0 Å². The molecule has 0 fully saturated rings. The Morgan fingerprint density at radius 3 is 0.857 bits per heavy atom. The second-order valence-corrected chi connectivity index (χ2v) is 18.5. The summed E-state index contributed by atoms with van der Waals surface area (Å²) in [7, 11) is 0. The molecule has 0 aliphatic carbocycles. The molecule has 346 valence electrons. The third-order valence-corrected chi connectivity index (χ3v) is 10.7. The summed E-state index contributed by atoms with van der Waals surface area (Å²) in [4.78, 5) is 0. The maximum atomic E-state index is 12.5. The summed E-state index contributed by atoms with van der Waals surface area (Å²) >= 11 is 5.89. The van der Waals surface area contributed by atoms with E-state index in [2.05, 4.69) is 220 Å². The summed E-state index contributed by atoms with van der Waals surface area (Å²) < 4.78 is 12.5. The molecular weight excluding hydrogens is 787 g/mol. The topological polar surface area (TPSA) is 0 Å². The van der Waals surface area contributed by atoms with Crippen LogP contribution in [0.25, 0.3) is 0 Å². The fourth-order valence-corrected chi connectivity index (χ4v) is 5.89. The van der Waals surface area contributed by atoms with Gasteiger partial charge in [0.25, 0.3) is 0 Å². The van der Waals surface area contributed by atoms with Crippen molar-refractivity contribution in [1.82, 2.24) is 0 Å². The summed E-state index contributed by atoms with van der Waals surface area (Å²) in [5, 5.41) is 0.856. The van der Waals surface area contributed by atoms with Crippen LogP contribution in [0.5, 0.6) is 0 Å². The molecular formula is C61H88ClF. The van der Waals surface area contributed by atoms with Crippen molar-refractivity contribution in [2.45, 2.75) is 168 Å². The Labute approximate surface area is 393 Å². The second-order valence-electron chi connectivity index (χ2n) is 18.1. The highest BCUT2D eigenvalue weighted by molar-refractivity contribution is 6.31. The molecule has 0 saturated heterocycles. The zero-order valence-corrected chi connectivity index (χ0v) is 41.8. The molecule has 6 aromatic carbocycles. The molecule has 0 N–H and O–H groups in total. The van der Waals surface area contributed by atoms with Crippen molar-refractivity contribution in [2.75, 3.05) is 0 Å². The van der Waals surface area contributed by atoms with E-state index >= 15 is 0 Å². The highest BCUT2D eigenvalue weighted by Gasteiger charge is 2.02. The monoisotopic (exact) mass is 875 g/mol.